The first kappa shape index (κ1) is 22.8. The normalized spacial score (nSPS) is 20.5. The summed E-state index contributed by atoms with van der Waals surface area (Å²) in [6.45, 7) is 0.170. The van der Waals surface area contributed by atoms with Gasteiger partial charge in [0.15, 0.2) is 0 Å². The number of β-lactam (4-membered cyclic amide) rings is 1. The summed E-state index contributed by atoms with van der Waals surface area (Å²) in [5.74, 6) is -1.79. The van der Waals surface area contributed by atoms with Crippen molar-refractivity contribution in [2.24, 2.45) is 7.05 Å². The van der Waals surface area contributed by atoms with E-state index in [1.165, 1.54) is 33.1 Å². The maximum atomic E-state index is 12.8. The molecule has 2 aromatic rings. The first-order valence-corrected chi connectivity index (χ1v) is 11.7. The molecule has 14 heteroatoms. The van der Waals surface area contributed by atoms with Crippen molar-refractivity contribution in [3.8, 4) is 0 Å². The molecule has 0 aliphatic carbocycles. The Kier molecular flexibility index (Phi) is 6.65. The van der Waals surface area contributed by atoms with Crippen molar-refractivity contribution in [2.45, 2.75) is 22.7 Å². The monoisotopic (exact) mass is 490 g/mol. The van der Waals surface area contributed by atoms with Crippen LogP contribution < -0.4 is 5.32 Å². The van der Waals surface area contributed by atoms with Gasteiger partial charge in [-0.2, -0.15) is 0 Å². The summed E-state index contributed by atoms with van der Waals surface area (Å²) in [5.41, 5.74) is 0.910. The number of rotatable bonds is 9. The van der Waals surface area contributed by atoms with Gasteiger partial charge < -0.3 is 15.2 Å². The molecule has 12 nitrogen and oxygen atoms in total. The number of tetrazole rings is 1. The second kappa shape index (κ2) is 9.62. The Morgan fingerprint density at radius 2 is 2.15 bits per heavy atom. The molecule has 2 unspecified atom stereocenters. The van der Waals surface area contributed by atoms with Gasteiger partial charge in [0.05, 0.1) is 0 Å². The number of carboxylic acids is 1. The van der Waals surface area contributed by atoms with E-state index in [0.717, 1.165) is 0 Å². The number of hydrogen-bond donors (Lipinski definition) is 2. The minimum Gasteiger partial charge on any atom is -0.477 e. The SMILES string of the molecule is Cn1nnnc1SCC1=C(C(=O)O)N2C(=O)[C@@H](NC(=O)C(OC=O)c3ccccc3)C2SC1. The number of aryl methyl sites for hydroxylation is 1. The summed E-state index contributed by atoms with van der Waals surface area (Å²) in [6.07, 6.45) is -1.22. The molecule has 1 aromatic heterocycles. The van der Waals surface area contributed by atoms with E-state index in [-0.39, 0.29) is 12.2 Å². The molecule has 1 aromatic carbocycles. The largest absolute Gasteiger partial charge is 0.477 e. The summed E-state index contributed by atoms with van der Waals surface area (Å²) in [4.78, 5) is 49.7. The van der Waals surface area contributed by atoms with E-state index in [0.29, 0.717) is 27.8 Å². The molecule has 0 saturated carbocycles. The molecule has 2 amide bonds. The number of fused-ring (bicyclic) bond motifs is 1. The van der Waals surface area contributed by atoms with Gasteiger partial charge in [-0.15, -0.1) is 16.9 Å². The lowest BCUT2D eigenvalue weighted by Crippen LogP contribution is -2.71. The third-order valence-corrected chi connectivity index (χ3v) is 7.47. The second-order valence-corrected chi connectivity index (χ2v) is 9.10. The van der Waals surface area contributed by atoms with Crippen LogP contribution in [0.5, 0.6) is 0 Å². The summed E-state index contributed by atoms with van der Waals surface area (Å²) in [5, 5.41) is 23.4. The zero-order chi connectivity index (χ0) is 23.5. The van der Waals surface area contributed by atoms with Gasteiger partial charge in [0.1, 0.15) is 17.1 Å². The van der Waals surface area contributed by atoms with Crippen molar-refractivity contribution in [3.05, 3.63) is 47.2 Å². The molecule has 33 heavy (non-hydrogen) atoms. The van der Waals surface area contributed by atoms with Gasteiger partial charge in [0, 0.05) is 24.1 Å². The van der Waals surface area contributed by atoms with Gasteiger partial charge in [-0.3, -0.25) is 19.3 Å². The van der Waals surface area contributed by atoms with E-state index in [1.807, 2.05) is 0 Å². The molecule has 172 valence electrons. The highest BCUT2D eigenvalue weighted by atomic mass is 32.2. The van der Waals surface area contributed by atoms with E-state index >= 15 is 0 Å². The summed E-state index contributed by atoms with van der Waals surface area (Å²) in [7, 11) is 1.67. The molecule has 4 rings (SSSR count). The molecule has 2 aliphatic heterocycles. The summed E-state index contributed by atoms with van der Waals surface area (Å²) >= 11 is 2.61. The number of carbonyl (C=O) groups is 4. The van der Waals surface area contributed by atoms with Crippen LogP contribution in [-0.2, 0) is 31.0 Å². The summed E-state index contributed by atoms with van der Waals surface area (Å²) < 4.78 is 6.40. The number of amides is 2. The van der Waals surface area contributed by atoms with Gasteiger partial charge in [0.25, 0.3) is 18.3 Å². The van der Waals surface area contributed by atoms with E-state index in [9.17, 15) is 24.3 Å². The van der Waals surface area contributed by atoms with Crippen LogP contribution in [0.15, 0.2) is 46.8 Å². The molecule has 0 radical (unpaired) electrons. The molecule has 3 atom stereocenters. The fourth-order valence-electron chi connectivity index (χ4n) is 3.49. The van der Waals surface area contributed by atoms with E-state index in [4.69, 9.17) is 4.74 Å². The number of carboxylic acid groups (broad SMARTS) is 1. The fraction of sp³-hybridized carbons (Fsp3) is 0.316. The van der Waals surface area contributed by atoms with Crippen LogP contribution in [0.4, 0.5) is 0 Å². The molecule has 1 fully saturated rings. The highest BCUT2D eigenvalue weighted by molar-refractivity contribution is 8.01. The molecule has 2 N–H and O–H groups in total. The quantitative estimate of drug-likeness (QED) is 0.276. The molecule has 0 spiro atoms. The van der Waals surface area contributed by atoms with Crippen molar-refractivity contribution in [2.75, 3.05) is 11.5 Å². The Morgan fingerprint density at radius 1 is 1.39 bits per heavy atom. The number of thioether (sulfide) groups is 2. The number of carbonyl (C=O) groups excluding carboxylic acids is 3. The minimum absolute atomic E-state index is 0.0966. The Bertz CT molecular complexity index is 1120. The van der Waals surface area contributed by atoms with Crippen molar-refractivity contribution < 1.29 is 29.0 Å². The van der Waals surface area contributed by atoms with Gasteiger partial charge in [0.2, 0.25) is 11.3 Å². The number of ether oxygens (including phenoxy) is 1. The van der Waals surface area contributed by atoms with E-state index in [1.54, 1.807) is 37.4 Å². The standard InChI is InChI=1S/C19H18N6O6S2/c1-24-19(21-22-23-24)33-8-11-7-32-17-12(16(28)25(17)13(11)18(29)30)20-15(27)14(31-9-26)10-5-3-2-4-6-10/h2-6,9,12,14,17H,7-8H2,1H3,(H,20,27)(H,29,30)/t12-,14?,17?/m1/s1. The van der Waals surface area contributed by atoms with Crippen LogP contribution >= 0.6 is 23.5 Å². The number of nitrogens with zero attached hydrogens (tertiary/aromatic N) is 5. The first-order valence-electron chi connectivity index (χ1n) is 9.62. The Balaban J connectivity index is 1.48. The molecule has 2 aliphatic rings. The maximum absolute atomic E-state index is 12.8. The average Bonchev–Trinajstić information content (AvgIpc) is 3.23. The topological polar surface area (TPSA) is 157 Å². The predicted molar refractivity (Wildman–Crippen MR) is 116 cm³/mol. The van der Waals surface area contributed by atoms with Crippen LogP contribution in [0, 0.1) is 0 Å². The summed E-state index contributed by atoms with van der Waals surface area (Å²) in [6, 6.07) is 7.45. The smallest absolute Gasteiger partial charge is 0.352 e. The lowest BCUT2D eigenvalue weighted by molar-refractivity contribution is -0.154. The highest BCUT2D eigenvalue weighted by Gasteiger charge is 2.54. The predicted octanol–water partition coefficient (Wildman–Crippen LogP) is -0.0449. The lowest BCUT2D eigenvalue weighted by Gasteiger charge is -2.49. The van der Waals surface area contributed by atoms with Crippen LogP contribution in [0.3, 0.4) is 0 Å². The third kappa shape index (κ3) is 4.43. The van der Waals surface area contributed by atoms with Crippen molar-refractivity contribution in [3.63, 3.8) is 0 Å². The van der Waals surface area contributed by atoms with Crippen LogP contribution in [-0.4, -0.2) is 77.4 Å². The van der Waals surface area contributed by atoms with Crippen molar-refractivity contribution >= 4 is 47.8 Å². The molecule has 0 bridgehead atoms. The van der Waals surface area contributed by atoms with Gasteiger partial charge in [-0.25, -0.2) is 9.48 Å². The molecule has 3 heterocycles. The average molecular weight is 491 g/mol. The van der Waals surface area contributed by atoms with Gasteiger partial charge in [-0.1, -0.05) is 42.1 Å². The van der Waals surface area contributed by atoms with E-state index < -0.39 is 35.3 Å². The highest BCUT2D eigenvalue weighted by Crippen LogP contribution is 2.41. The third-order valence-electron chi connectivity index (χ3n) is 5.04. The fourth-order valence-corrected chi connectivity index (χ4v) is 5.83. The molecular formula is C19H18N6O6S2. The number of benzene rings is 1. The van der Waals surface area contributed by atoms with Crippen LogP contribution in [0.2, 0.25) is 0 Å². The number of nitrogens with one attached hydrogen (secondary N) is 1. The number of hydrogen-bond acceptors (Lipinski definition) is 10. The zero-order valence-corrected chi connectivity index (χ0v) is 18.8. The zero-order valence-electron chi connectivity index (χ0n) is 17.2. The van der Waals surface area contributed by atoms with Crippen molar-refractivity contribution in [1.82, 2.24) is 30.4 Å². The molecular weight excluding hydrogens is 472 g/mol. The van der Waals surface area contributed by atoms with E-state index in [2.05, 4.69) is 20.8 Å². The minimum atomic E-state index is -1.23. The lowest BCUT2D eigenvalue weighted by atomic mass is 10.0. The molecule has 1 saturated heterocycles. The second-order valence-electron chi connectivity index (χ2n) is 7.05. The number of aromatic nitrogens is 4. The Morgan fingerprint density at radius 3 is 2.79 bits per heavy atom. The Hall–Kier alpha value is -3.39. The van der Waals surface area contributed by atoms with Gasteiger partial charge >= 0.3 is 5.97 Å². The van der Waals surface area contributed by atoms with Gasteiger partial charge in [-0.05, 0) is 16.0 Å². The Labute approximate surface area is 195 Å². The van der Waals surface area contributed by atoms with Crippen LogP contribution in [0.25, 0.3) is 0 Å². The van der Waals surface area contributed by atoms with Crippen molar-refractivity contribution in [1.29, 1.82) is 0 Å². The van der Waals surface area contributed by atoms with Crippen LogP contribution in [0.1, 0.15) is 11.7 Å². The first-order chi connectivity index (χ1) is 15.9. The maximum Gasteiger partial charge on any atom is 0.352 e. The number of aliphatic carboxylic acids is 1.